The molecule has 2 aliphatic carbocycles. The van der Waals surface area contributed by atoms with Crippen molar-refractivity contribution in [2.75, 3.05) is 5.75 Å². The Bertz CT molecular complexity index is 525. The minimum absolute atomic E-state index is 0.319. The molecule has 0 aromatic heterocycles. The Kier molecular flexibility index (Phi) is 4.27. The zero-order valence-electron chi connectivity index (χ0n) is 12.5. The second-order valence-electron chi connectivity index (χ2n) is 6.39. The molecule has 2 fully saturated rings. The number of hydrogen-bond acceptors (Lipinski definition) is 3. The lowest BCUT2D eigenvalue weighted by atomic mass is 9.95. The lowest BCUT2D eigenvalue weighted by Crippen LogP contribution is -2.57. The van der Waals surface area contributed by atoms with Gasteiger partial charge in [-0.3, -0.25) is 10.1 Å². The number of nitrogens with one attached hydrogen (secondary N) is 1. The van der Waals surface area contributed by atoms with Crippen LogP contribution >= 0.6 is 11.8 Å². The Balaban J connectivity index is 1.64. The summed E-state index contributed by atoms with van der Waals surface area (Å²) >= 11 is 1.75. The first-order chi connectivity index (χ1) is 10.1. The van der Waals surface area contributed by atoms with Crippen LogP contribution in [0.3, 0.4) is 0 Å². The minimum Gasteiger partial charge on any atom is -0.480 e. The van der Waals surface area contributed by atoms with Crippen LogP contribution in [-0.4, -0.2) is 28.4 Å². The molecule has 1 aromatic rings. The molecule has 21 heavy (non-hydrogen) atoms. The summed E-state index contributed by atoms with van der Waals surface area (Å²) in [4.78, 5) is 11.9. The molecule has 3 rings (SSSR count). The molecule has 0 bridgehead atoms. The summed E-state index contributed by atoms with van der Waals surface area (Å²) in [7, 11) is 0. The predicted octanol–water partition coefficient (Wildman–Crippen LogP) is 3.21. The molecule has 0 radical (unpaired) electrons. The smallest absolute Gasteiger partial charge is 0.325 e. The van der Waals surface area contributed by atoms with Crippen molar-refractivity contribution in [2.24, 2.45) is 5.92 Å². The van der Waals surface area contributed by atoms with Gasteiger partial charge in [-0.25, -0.2) is 0 Å². The van der Waals surface area contributed by atoms with Crippen LogP contribution in [0.15, 0.2) is 24.3 Å². The van der Waals surface area contributed by atoms with Gasteiger partial charge in [-0.2, -0.15) is 11.8 Å². The molecule has 2 aliphatic rings. The largest absolute Gasteiger partial charge is 0.480 e. The lowest BCUT2D eigenvalue weighted by Gasteiger charge is -2.31. The monoisotopic (exact) mass is 305 g/mol. The van der Waals surface area contributed by atoms with E-state index < -0.39 is 11.5 Å². The zero-order chi connectivity index (χ0) is 14.9. The van der Waals surface area contributed by atoms with Crippen molar-refractivity contribution < 1.29 is 9.90 Å². The van der Waals surface area contributed by atoms with Crippen LogP contribution < -0.4 is 5.32 Å². The van der Waals surface area contributed by atoms with Crippen LogP contribution in [0.1, 0.15) is 36.8 Å². The van der Waals surface area contributed by atoms with Crippen molar-refractivity contribution in [3.63, 3.8) is 0 Å². The summed E-state index contributed by atoms with van der Waals surface area (Å²) < 4.78 is 0. The molecule has 2 N–H and O–H groups in total. The normalized spacial score (nSPS) is 21.0. The summed E-state index contributed by atoms with van der Waals surface area (Å²) in [6, 6.07) is 8.78. The van der Waals surface area contributed by atoms with Gasteiger partial charge in [0.15, 0.2) is 0 Å². The van der Waals surface area contributed by atoms with Crippen LogP contribution in [0.25, 0.3) is 0 Å². The maximum atomic E-state index is 11.9. The van der Waals surface area contributed by atoms with Crippen LogP contribution in [0.5, 0.6) is 0 Å². The number of hydrogen-bond donors (Lipinski definition) is 2. The quantitative estimate of drug-likeness (QED) is 0.774. The Hall–Kier alpha value is -1.00. The highest BCUT2D eigenvalue weighted by Crippen LogP contribution is 2.43. The van der Waals surface area contributed by atoms with Crippen LogP contribution in [-0.2, 0) is 10.5 Å². The number of rotatable bonds is 8. The highest BCUT2D eigenvalue weighted by molar-refractivity contribution is 7.98. The van der Waals surface area contributed by atoms with Crippen molar-refractivity contribution in [1.29, 1.82) is 0 Å². The summed E-state index contributed by atoms with van der Waals surface area (Å²) in [6.07, 6.45) is 4.36. The van der Waals surface area contributed by atoms with Crippen molar-refractivity contribution in [1.82, 2.24) is 5.32 Å². The number of carbonyl (C=O) groups is 1. The van der Waals surface area contributed by atoms with Crippen LogP contribution in [0.2, 0.25) is 0 Å². The van der Waals surface area contributed by atoms with E-state index in [0.29, 0.717) is 17.7 Å². The topological polar surface area (TPSA) is 49.3 Å². The van der Waals surface area contributed by atoms with Gasteiger partial charge in [0.1, 0.15) is 5.54 Å². The first-order valence-corrected chi connectivity index (χ1v) is 8.90. The van der Waals surface area contributed by atoms with E-state index in [-0.39, 0.29) is 0 Å². The molecule has 0 spiro atoms. The number of aryl methyl sites for hydroxylation is 1. The van der Waals surface area contributed by atoms with Crippen LogP contribution in [0.4, 0.5) is 0 Å². The van der Waals surface area contributed by atoms with Crippen molar-refractivity contribution in [3.05, 3.63) is 35.4 Å². The third-order valence-corrected chi connectivity index (χ3v) is 5.72. The fourth-order valence-corrected chi connectivity index (χ4v) is 4.25. The standard InChI is InChI=1S/C17H23NO2S/c1-12-4-2-3-5-13(12)10-21-11-17(16(19)20,14-6-7-14)18-15-8-9-15/h2-5,14-15,18H,6-11H2,1H3,(H,19,20). The van der Waals surface area contributed by atoms with E-state index in [9.17, 15) is 9.90 Å². The summed E-state index contributed by atoms with van der Waals surface area (Å²) in [5.41, 5.74) is 1.89. The lowest BCUT2D eigenvalue weighted by molar-refractivity contribution is -0.145. The molecule has 4 heteroatoms. The van der Waals surface area contributed by atoms with E-state index >= 15 is 0 Å². The molecule has 0 amide bonds. The summed E-state index contributed by atoms with van der Waals surface area (Å²) in [5, 5.41) is 13.2. The Morgan fingerprint density at radius 1 is 1.33 bits per heavy atom. The van der Waals surface area contributed by atoms with Gasteiger partial charge in [0.2, 0.25) is 0 Å². The Morgan fingerprint density at radius 3 is 2.62 bits per heavy atom. The van der Waals surface area contributed by atoms with Gasteiger partial charge in [0.05, 0.1) is 0 Å². The maximum absolute atomic E-state index is 11.9. The maximum Gasteiger partial charge on any atom is 0.325 e. The second-order valence-corrected chi connectivity index (χ2v) is 7.37. The predicted molar refractivity (Wildman–Crippen MR) is 86.6 cm³/mol. The highest BCUT2D eigenvalue weighted by atomic mass is 32.2. The number of thioether (sulfide) groups is 1. The van der Waals surface area contributed by atoms with Crippen molar-refractivity contribution in [2.45, 2.75) is 49.9 Å². The molecule has 0 heterocycles. The van der Waals surface area contributed by atoms with E-state index in [1.54, 1.807) is 11.8 Å². The molecule has 0 aliphatic heterocycles. The number of carboxylic acids is 1. The average Bonchev–Trinajstić information content (AvgIpc) is 3.33. The molecule has 1 aromatic carbocycles. The minimum atomic E-state index is -0.700. The fraction of sp³-hybridized carbons (Fsp3) is 0.588. The third-order valence-electron chi connectivity index (χ3n) is 4.54. The molecule has 2 saturated carbocycles. The van der Waals surface area contributed by atoms with Gasteiger partial charge in [-0.1, -0.05) is 24.3 Å². The first kappa shape index (κ1) is 14.9. The van der Waals surface area contributed by atoms with E-state index in [4.69, 9.17) is 0 Å². The van der Waals surface area contributed by atoms with Gasteiger partial charge >= 0.3 is 5.97 Å². The van der Waals surface area contributed by atoms with Crippen molar-refractivity contribution >= 4 is 17.7 Å². The molecule has 114 valence electrons. The van der Waals surface area contributed by atoms with E-state index in [1.807, 2.05) is 6.07 Å². The average molecular weight is 305 g/mol. The van der Waals surface area contributed by atoms with Crippen LogP contribution in [0, 0.1) is 12.8 Å². The van der Waals surface area contributed by atoms with Gasteiger partial charge in [-0.05, 0) is 49.7 Å². The van der Waals surface area contributed by atoms with E-state index in [2.05, 4.69) is 30.4 Å². The molecular weight excluding hydrogens is 282 g/mol. The first-order valence-electron chi connectivity index (χ1n) is 7.75. The second kappa shape index (κ2) is 6.01. The Labute approximate surface area is 130 Å². The number of carboxylic acid groups (broad SMARTS) is 1. The zero-order valence-corrected chi connectivity index (χ0v) is 13.3. The highest BCUT2D eigenvalue weighted by Gasteiger charge is 2.52. The fourth-order valence-electron chi connectivity index (χ4n) is 2.84. The number of aliphatic carboxylic acids is 1. The molecule has 1 atom stereocenters. The summed E-state index contributed by atoms with van der Waals surface area (Å²) in [6.45, 7) is 2.11. The van der Waals surface area contributed by atoms with E-state index in [1.165, 1.54) is 11.1 Å². The van der Waals surface area contributed by atoms with Gasteiger partial charge in [0, 0.05) is 17.5 Å². The SMILES string of the molecule is Cc1ccccc1CSCC(NC1CC1)(C(=O)O)C1CC1. The number of benzene rings is 1. The van der Waals surface area contributed by atoms with Crippen molar-refractivity contribution in [3.8, 4) is 0 Å². The Morgan fingerprint density at radius 2 is 2.05 bits per heavy atom. The molecule has 0 saturated heterocycles. The van der Waals surface area contributed by atoms with E-state index in [0.717, 1.165) is 31.4 Å². The van der Waals surface area contributed by atoms with Gasteiger partial charge in [-0.15, -0.1) is 0 Å². The molecular formula is C17H23NO2S. The summed E-state index contributed by atoms with van der Waals surface area (Å²) in [5.74, 6) is 1.22. The van der Waals surface area contributed by atoms with Gasteiger partial charge in [0.25, 0.3) is 0 Å². The molecule has 1 unspecified atom stereocenters. The molecule has 3 nitrogen and oxygen atoms in total. The third kappa shape index (κ3) is 3.43. The van der Waals surface area contributed by atoms with Gasteiger partial charge < -0.3 is 5.11 Å².